The number of ether oxygens (including phenoxy) is 1. The number of amides is 1. The number of aryl methyl sites for hydroxylation is 1. The van der Waals surface area contributed by atoms with Gasteiger partial charge in [-0.3, -0.25) is 9.69 Å². The van der Waals surface area contributed by atoms with Crippen LogP contribution in [0.25, 0.3) is 10.2 Å². The fraction of sp³-hybridized carbons (Fsp3) is 0.389. The molecule has 0 fully saturated rings. The number of benzene rings is 1. The van der Waals surface area contributed by atoms with Crippen LogP contribution >= 0.6 is 11.3 Å². The molecule has 138 valence electrons. The van der Waals surface area contributed by atoms with Crippen LogP contribution in [-0.2, 0) is 0 Å². The number of rotatable bonds is 7. The van der Waals surface area contributed by atoms with Crippen molar-refractivity contribution in [3.63, 3.8) is 0 Å². The lowest BCUT2D eigenvalue weighted by Gasteiger charge is -2.19. The molecule has 1 aromatic carbocycles. The van der Waals surface area contributed by atoms with Crippen LogP contribution in [0.15, 0.2) is 28.8 Å². The molecule has 0 aliphatic heterocycles. The summed E-state index contributed by atoms with van der Waals surface area (Å²) in [5.41, 5.74) is 1.14. The van der Waals surface area contributed by atoms with Crippen molar-refractivity contribution in [2.75, 3.05) is 39.2 Å². The van der Waals surface area contributed by atoms with Crippen LogP contribution in [-0.4, -0.2) is 55.2 Å². The Bertz CT molecular complexity index is 903. The van der Waals surface area contributed by atoms with Gasteiger partial charge in [0, 0.05) is 12.6 Å². The third-order valence-electron chi connectivity index (χ3n) is 3.89. The third kappa shape index (κ3) is 4.03. The van der Waals surface area contributed by atoms with Crippen molar-refractivity contribution < 1.29 is 14.1 Å². The first-order valence-electron chi connectivity index (χ1n) is 8.32. The third-order valence-corrected chi connectivity index (χ3v) is 4.94. The summed E-state index contributed by atoms with van der Waals surface area (Å²) in [7, 11) is 5.65. The number of fused-ring (bicyclic) bond motifs is 1. The molecule has 0 saturated carbocycles. The van der Waals surface area contributed by atoms with Gasteiger partial charge in [0.2, 0.25) is 0 Å². The molecule has 0 saturated heterocycles. The zero-order chi connectivity index (χ0) is 18.7. The van der Waals surface area contributed by atoms with E-state index in [0.717, 1.165) is 28.9 Å². The quantitative estimate of drug-likeness (QED) is 0.632. The van der Waals surface area contributed by atoms with Crippen molar-refractivity contribution in [1.29, 1.82) is 0 Å². The van der Waals surface area contributed by atoms with Gasteiger partial charge < -0.3 is 14.2 Å². The van der Waals surface area contributed by atoms with Crippen LogP contribution in [0.2, 0.25) is 0 Å². The van der Waals surface area contributed by atoms with Crippen LogP contribution in [0.3, 0.4) is 0 Å². The molecule has 26 heavy (non-hydrogen) atoms. The molecule has 0 spiro atoms. The van der Waals surface area contributed by atoms with Crippen molar-refractivity contribution in [2.24, 2.45) is 0 Å². The molecule has 0 bridgehead atoms. The minimum absolute atomic E-state index is 0.202. The van der Waals surface area contributed by atoms with Crippen molar-refractivity contribution in [2.45, 2.75) is 13.3 Å². The van der Waals surface area contributed by atoms with E-state index in [2.05, 4.69) is 15.0 Å². The maximum atomic E-state index is 13.0. The number of nitrogens with zero attached hydrogens (tertiary/aromatic N) is 4. The topological polar surface area (TPSA) is 71.7 Å². The van der Waals surface area contributed by atoms with E-state index in [9.17, 15) is 4.79 Å². The summed E-state index contributed by atoms with van der Waals surface area (Å²) < 4.78 is 11.3. The maximum Gasteiger partial charge on any atom is 0.282 e. The number of thiazole rings is 1. The lowest BCUT2D eigenvalue weighted by atomic mass is 10.3. The highest BCUT2D eigenvalue weighted by molar-refractivity contribution is 7.22. The smallest absolute Gasteiger partial charge is 0.282 e. The highest BCUT2D eigenvalue weighted by Gasteiger charge is 2.24. The second-order valence-corrected chi connectivity index (χ2v) is 7.28. The highest BCUT2D eigenvalue weighted by atomic mass is 32.1. The van der Waals surface area contributed by atoms with Crippen molar-refractivity contribution >= 4 is 32.6 Å². The average molecular weight is 374 g/mol. The van der Waals surface area contributed by atoms with Gasteiger partial charge in [0.05, 0.1) is 17.3 Å². The van der Waals surface area contributed by atoms with E-state index in [-0.39, 0.29) is 5.91 Å². The lowest BCUT2D eigenvalue weighted by molar-refractivity contribution is 0.0977. The number of anilines is 1. The first kappa shape index (κ1) is 18.3. The number of methoxy groups -OCH3 is 1. The van der Waals surface area contributed by atoms with E-state index in [4.69, 9.17) is 9.26 Å². The Balaban J connectivity index is 1.92. The number of hydrogen-bond donors (Lipinski definition) is 0. The number of aromatic nitrogens is 2. The molecule has 0 aliphatic rings. The number of carbonyl (C=O) groups is 1. The molecule has 3 rings (SSSR count). The Hall–Kier alpha value is -2.45. The van der Waals surface area contributed by atoms with E-state index < -0.39 is 0 Å². The molecule has 8 heteroatoms. The van der Waals surface area contributed by atoms with Crippen LogP contribution in [0.5, 0.6) is 5.75 Å². The molecule has 0 atom stereocenters. The molecule has 0 aliphatic carbocycles. The molecule has 7 nitrogen and oxygen atoms in total. The molecule has 0 unspecified atom stereocenters. The summed E-state index contributed by atoms with van der Waals surface area (Å²) in [5, 5.41) is 4.52. The summed E-state index contributed by atoms with van der Waals surface area (Å²) in [4.78, 5) is 21.4. The predicted octanol–water partition coefficient (Wildman–Crippen LogP) is 3.20. The van der Waals surface area contributed by atoms with Gasteiger partial charge in [-0.05, 0) is 52.2 Å². The Morgan fingerprint density at radius 2 is 2.08 bits per heavy atom. The molecule has 2 heterocycles. The first-order chi connectivity index (χ1) is 12.5. The minimum Gasteiger partial charge on any atom is -0.497 e. The van der Waals surface area contributed by atoms with Gasteiger partial charge in [0.25, 0.3) is 5.91 Å². The number of carbonyl (C=O) groups excluding carboxylic acids is 1. The Morgan fingerprint density at radius 3 is 2.73 bits per heavy atom. The molecule has 3 aromatic rings. The summed E-state index contributed by atoms with van der Waals surface area (Å²) in [6.07, 6.45) is 0.828. The fourth-order valence-electron chi connectivity index (χ4n) is 2.57. The monoisotopic (exact) mass is 374 g/mol. The standard InChI is InChI=1S/C18H22N4O3S/c1-12-10-15(20-25-12)17(23)22(9-5-8-21(2)3)18-19-14-7-6-13(24-4)11-16(14)26-18/h6-7,10-11H,5,8-9H2,1-4H3. The normalized spacial score (nSPS) is 11.3. The van der Waals surface area contributed by atoms with E-state index in [1.165, 1.54) is 11.3 Å². The van der Waals surface area contributed by atoms with Crippen molar-refractivity contribution in [3.8, 4) is 5.75 Å². The zero-order valence-electron chi connectivity index (χ0n) is 15.4. The summed E-state index contributed by atoms with van der Waals surface area (Å²) in [6.45, 7) is 3.20. The van der Waals surface area contributed by atoms with Crippen LogP contribution in [0, 0.1) is 6.92 Å². The summed E-state index contributed by atoms with van der Waals surface area (Å²) in [6, 6.07) is 7.35. The average Bonchev–Trinajstić information content (AvgIpc) is 3.23. The highest BCUT2D eigenvalue weighted by Crippen LogP contribution is 2.32. The van der Waals surface area contributed by atoms with Crippen LogP contribution < -0.4 is 9.64 Å². The lowest BCUT2D eigenvalue weighted by Crippen LogP contribution is -2.33. The molecule has 0 radical (unpaired) electrons. The summed E-state index contributed by atoms with van der Waals surface area (Å²) >= 11 is 1.47. The second kappa shape index (κ2) is 7.84. The van der Waals surface area contributed by atoms with Crippen molar-refractivity contribution in [3.05, 3.63) is 35.7 Å². The van der Waals surface area contributed by atoms with Gasteiger partial charge in [-0.15, -0.1) is 0 Å². The Kier molecular flexibility index (Phi) is 5.53. The van der Waals surface area contributed by atoms with E-state index in [0.29, 0.717) is 23.1 Å². The maximum absolute atomic E-state index is 13.0. The van der Waals surface area contributed by atoms with Gasteiger partial charge in [-0.25, -0.2) is 4.98 Å². The Morgan fingerprint density at radius 1 is 1.27 bits per heavy atom. The van der Waals surface area contributed by atoms with Gasteiger partial charge in [-0.2, -0.15) is 0 Å². The van der Waals surface area contributed by atoms with Gasteiger partial charge >= 0.3 is 0 Å². The molecular formula is C18H22N4O3S. The predicted molar refractivity (Wildman–Crippen MR) is 102 cm³/mol. The summed E-state index contributed by atoms with van der Waals surface area (Å²) in [5.74, 6) is 1.17. The molecule has 1 amide bonds. The second-order valence-electron chi connectivity index (χ2n) is 6.27. The Labute approximate surface area is 156 Å². The van der Waals surface area contributed by atoms with Crippen LogP contribution in [0.1, 0.15) is 22.7 Å². The SMILES string of the molecule is COc1ccc2nc(N(CCCN(C)C)C(=O)c3cc(C)on3)sc2c1. The van der Waals surface area contributed by atoms with E-state index in [1.807, 2.05) is 32.3 Å². The first-order valence-corrected chi connectivity index (χ1v) is 9.14. The van der Waals surface area contributed by atoms with E-state index in [1.54, 1.807) is 25.0 Å². The minimum atomic E-state index is -0.202. The largest absolute Gasteiger partial charge is 0.497 e. The van der Waals surface area contributed by atoms with E-state index >= 15 is 0 Å². The molecular weight excluding hydrogens is 352 g/mol. The van der Waals surface area contributed by atoms with Gasteiger partial charge in [0.15, 0.2) is 10.8 Å². The molecule has 0 N–H and O–H groups in total. The zero-order valence-corrected chi connectivity index (χ0v) is 16.2. The fourth-order valence-corrected chi connectivity index (χ4v) is 3.59. The van der Waals surface area contributed by atoms with Gasteiger partial charge in [0.1, 0.15) is 11.5 Å². The van der Waals surface area contributed by atoms with Gasteiger partial charge in [-0.1, -0.05) is 16.5 Å². The molecule has 2 aromatic heterocycles. The van der Waals surface area contributed by atoms with Crippen molar-refractivity contribution in [1.82, 2.24) is 15.0 Å². The number of hydrogen-bond acceptors (Lipinski definition) is 7. The van der Waals surface area contributed by atoms with Crippen LogP contribution in [0.4, 0.5) is 5.13 Å².